The molecular formula is C17H28N2O4S. The van der Waals surface area contributed by atoms with Crippen molar-refractivity contribution in [1.29, 1.82) is 0 Å². The summed E-state index contributed by atoms with van der Waals surface area (Å²) in [4.78, 5) is 14.6. The van der Waals surface area contributed by atoms with E-state index in [9.17, 15) is 13.2 Å². The maximum absolute atomic E-state index is 12.7. The molecule has 1 unspecified atom stereocenters. The second-order valence-corrected chi connectivity index (χ2v) is 9.18. The highest BCUT2D eigenvalue weighted by Crippen LogP contribution is 2.41. The zero-order valence-electron chi connectivity index (χ0n) is 14.4. The Morgan fingerprint density at radius 1 is 1.29 bits per heavy atom. The normalized spacial score (nSPS) is 27.8. The molecule has 3 aliphatic rings. The van der Waals surface area contributed by atoms with Crippen LogP contribution in [0.3, 0.4) is 0 Å². The van der Waals surface area contributed by atoms with Gasteiger partial charge in [0.05, 0.1) is 18.9 Å². The lowest BCUT2D eigenvalue weighted by molar-refractivity contribution is -0.131. The molecule has 7 heteroatoms. The van der Waals surface area contributed by atoms with Crippen LogP contribution >= 0.6 is 0 Å². The van der Waals surface area contributed by atoms with Gasteiger partial charge in [-0.3, -0.25) is 4.79 Å². The molecule has 1 amide bonds. The van der Waals surface area contributed by atoms with E-state index in [0.717, 1.165) is 44.1 Å². The summed E-state index contributed by atoms with van der Waals surface area (Å²) in [6.45, 7) is 2.50. The van der Waals surface area contributed by atoms with E-state index in [1.165, 1.54) is 12.7 Å². The van der Waals surface area contributed by atoms with E-state index in [0.29, 0.717) is 26.3 Å². The van der Waals surface area contributed by atoms with Gasteiger partial charge in [0.1, 0.15) is 0 Å². The molecule has 1 N–H and O–H groups in total. The minimum atomic E-state index is -3.27. The van der Waals surface area contributed by atoms with Crippen LogP contribution in [0.25, 0.3) is 0 Å². The fourth-order valence-corrected chi connectivity index (χ4v) is 5.07. The summed E-state index contributed by atoms with van der Waals surface area (Å²) in [7, 11) is -3.27. The zero-order chi connectivity index (χ0) is 17.2. The Balaban J connectivity index is 1.65. The quantitative estimate of drug-likeness (QED) is 0.830. The van der Waals surface area contributed by atoms with Crippen LogP contribution in [-0.2, 0) is 19.6 Å². The maximum Gasteiger partial charge on any atom is 0.249 e. The molecule has 2 saturated heterocycles. The monoisotopic (exact) mass is 356 g/mol. The van der Waals surface area contributed by atoms with Crippen molar-refractivity contribution in [1.82, 2.24) is 9.62 Å². The van der Waals surface area contributed by atoms with E-state index in [1.54, 1.807) is 0 Å². The third-order valence-corrected chi connectivity index (χ3v) is 6.45. The minimum absolute atomic E-state index is 0.0843. The van der Waals surface area contributed by atoms with E-state index in [1.807, 2.05) is 4.90 Å². The van der Waals surface area contributed by atoms with Crippen LogP contribution in [0, 0.1) is 5.41 Å². The molecule has 0 bridgehead atoms. The van der Waals surface area contributed by atoms with E-state index >= 15 is 0 Å². The Kier molecular flexibility index (Phi) is 5.32. The predicted molar refractivity (Wildman–Crippen MR) is 92.0 cm³/mol. The van der Waals surface area contributed by atoms with E-state index in [4.69, 9.17) is 4.74 Å². The number of likely N-dealkylation sites (tertiary alicyclic amines) is 1. The van der Waals surface area contributed by atoms with Crippen molar-refractivity contribution < 1.29 is 17.9 Å². The van der Waals surface area contributed by atoms with Crippen molar-refractivity contribution in [2.45, 2.75) is 51.0 Å². The smallest absolute Gasteiger partial charge is 0.249 e. The van der Waals surface area contributed by atoms with E-state index in [2.05, 4.69) is 10.8 Å². The van der Waals surface area contributed by atoms with Crippen LogP contribution in [0.5, 0.6) is 0 Å². The van der Waals surface area contributed by atoms with Crippen LogP contribution in [0.15, 0.2) is 11.6 Å². The first-order chi connectivity index (χ1) is 11.4. The summed E-state index contributed by atoms with van der Waals surface area (Å²) in [6.07, 6.45) is 10.0. The number of hydrogen-bond acceptors (Lipinski definition) is 4. The number of carbonyl (C=O) groups is 1. The number of nitrogens with zero attached hydrogens (tertiary/aromatic N) is 1. The van der Waals surface area contributed by atoms with Gasteiger partial charge in [-0.2, -0.15) is 0 Å². The molecule has 0 aromatic heterocycles. The molecule has 3 rings (SSSR count). The summed E-state index contributed by atoms with van der Waals surface area (Å²) >= 11 is 0. The first-order valence-corrected chi connectivity index (χ1v) is 10.8. The second kappa shape index (κ2) is 7.14. The number of rotatable bonds is 3. The van der Waals surface area contributed by atoms with Crippen molar-refractivity contribution in [2.24, 2.45) is 5.41 Å². The van der Waals surface area contributed by atoms with Gasteiger partial charge in [0.15, 0.2) is 0 Å². The molecule has 24 heavy (non-hydrogen) atoms. The van der Waals surface area contributed by atoms with Crippen molar-refractivity contribution >= 4 is 15.9 Å². The van der Waals surface area contributed by atoms with Gasteiger partial charge in [0.2, 0.25) is 15.9 Å². The molecule has 136 valence electrons. The van der Waals surface area contributed by atoms with Crippen LogP contribution in [-0.4, -0.2) is 57.8 Å². The van der Waals surface area contributed by atoms with Gasteiger partial charge in [-0.1, -0.05) is 6.08 Å². The molecule has 0 aromatic carbocycles. The number of hydrogen-bond donors (Lipinski definition) is 1. The molecule has 2 heterocycles. The minimum Gasteiger partial charge on any atom is -0.380 e. The molecule has 0 radical (unpaired) electrons. The highest BCUT2D eigenvalue weighted by atomic mass is 32.2. The number of sulfonamides is 1. The zero-order valence-corrected chi connectivity index (χ0v) is 15.2. The summed E-state index contributed by atoms with van der Waals surface area (Å²) in [6, 6.07) is -0.188. The highest BCUT2D eigenvalue weighted by molar-refractivity contribution is 7.88. The third-order valence-electron chi connectivity index (χ3n) is 5.74. The summed E-state index contributed by atoms with van der Waals surface area (Å²) < 4.78 is 31.6. The average Bonchev–Trinajstić information content (AvgIpc) is 2.57. The van der Waals surface area contributed by atoms with Gasteiger partial charge in [0, 0.05) is 25.3 Å². The van der Waals surface area contributed by atoms with Gasteiger partial charge >= 0.3 is 0 Å². The second-order valence-electron chi connectivity index (χ2n) is 7.40. The molecule has 0 aromatic rings. The van der Waals surface area contributed by atoms with Crippen molar-refractivity contribution in [2.75, 3.05) is 32.6 Å². The molecular weight excluding hydrogens is 328 g/mol. The van der Waals surface area contributed by atoms with Gasteiger partial charge < -0.3 is 9.64 Å². The Hall–Kier alpha value is -0.920. The molecule has 1 spiro atoms. The lowest BCUT2D eigenvalue weighted by Crippen LogP contribution is -2.58. The first kappa shape index (κ1) is 17.9. The number of ether oxygens (including phenoxy) is 1. The average molecular weight is 356 g/mol. The first-order valence-electron chi connectivity index (χ1n) is 8.93. The lowest BCUT2D eigenvalue weighted by Gasteiger charge is -2.49. The standard InChI is InChI=1S/C17H28N2O4S/c1-24(21,22)18-15-13-23-12-9-17(15)7-10-19(11-8-17)16(20)14-5-3-2-4-6-14/h5,15,18H,2-4,6-13H2,1H3. The highest BCUT2D eigenvalue weighted by Gasteiger charge is 2.45. The Morgan fingerprint density at radius 2 is 2.04 bits per heavy atom. The maximum atomic E-state index is 12.7. The molecule has 6 nitrogen and oxygen atoms in total. The molecule has 1 aliphatic carbocycles. The Bertz CT molecular complexity index is 606. The van der Waals surface area contributed by atoms with Gasteiger partial charge in [-0.05, 0) is 50.4 Å². The van der Waals surface area contributed by atoms with Crippen LogP contribution in [0.4, 0.5) is 0 Å². The number of carbonyl (C=O) groups excluding carboxylic acids is 1. The van der Waals surface area contributed by atoms with Crippen molar-refractivity contribution in [3.63, 3.8) is 0 Å². The van der Waals surface area contributed by atoms with Crippen molar-refractivity contribution in [3.8, 4) is 0 Å². The van der Waals surface area contributed by atoms with Gasteiger partial charge in [0.25, 0.3) is 0 Å². The Morgan fingerprint density at radius 3 is 2.67 bits per heavy atom. The summed E-state index contributed by atoms with van der Waals surface area (Å²) in [5, 5.41) is 0. The van der Waals surface area contributed by atoms with Crippen LogP contribution < -0.4 is 4.72 Å². The van der Waals surface area contributed by atoms with Crippen LogP contribution in [0.2, 0.25) is 0 Å². The van der Waals surface area contributed by atoms with E-state index < -0.39 is 10.0 Å². The molecule has 1 atom stereocenters. The largest absolute Gasteiger partial charge is 0.380 e. The fraction of sp³-hybridized carbons (Fsp3) is 0.824. The van der Waals surface area contributed by atoms with E-state index in [-0.39, 0.29) is 17.4 Å². The molecule has 0 saturated carbocycles. The van der Waals surface area contributed by atoms with Gasteiger partial charge in [-0.15, -0.1) is 0 Å². The summed E-state index contributed by atoms with van der Waals surface area (Å²) in [5.74, 6) is 0.184. The lowest BCUT2D eigenvalue weighted by atomic mass is 9.69. The predicted octanol–water partition coefficient (Wildman–Crippen LogP) is 1.43. The SMILES string of the molecule is CS(=O)(=O)NC1COCCC12CCN(C(=O)C1=CCCCC1)CC2. The summed E-state index contributed by atoms with van der Waals surface area (Å²) in [5.41, 5.74) is 0.883. The molecule has 2 aliphatic heterocycles. The van der Waals surface area contributed by atoms with Crippen molar-refractivity contribution in [3.05, 3.63) is 11.6 Å². The van der Waals surface area contributed by atoms with Crippen LogP contribution in [0.1, 0.15) is 44.9 Å². The Labute approximate surface area is 144 Å². The third kappa shape index (κ3) is 4.00. The number of piperidine rings is 1. The topological polar surface area (TPSA) is 75.7 Å². The van der Waals surface area contributed by atoms with Gasteiger partial charge in [-0.25, -0.2) is 13.1 Å². The fourth-order valence-electron chi connectivity index (χ4n) is 4.23. The molecule has 2 fully saturated rings. The number of nitrogens with one attached hydrogen (secondary N) is 1. The number of amides is 1. The number of allylic oxidation sites excluding steroid dienone is 1.